The van der Waals surface area contributed by atoms with Crippen LogP contribution in [0.25, 0.3) is 0 Å². The third-order valence-electron chi connectivity index (χ3n) is 1.98. The van der Waals surface area contributed by atoms with Crippen LogP contribution in [0.4, 0.5) is 5.69 Å². The molecule has 0 heterocycles. The average Bonchev–Trinajstić information content (AvgIpc) is 2.27. The molecule has 94 valence electrons. The van der Waals surface area contributed by atoms with E-state index in [1.54, 1.807) is 24.3 Å². The highest BCUT2D eigenvalue weighted by molar-refractivity contribution is 5.92. The standard InChI is InChI=1S/C12H19N3O2/c1-15(2)9-12(16)14-10-3-5-11(6-4-10)17-8-7-13/h3-6H,7-9,13H2,1-2H3,(H,14,16). The zero-order valence-corrected chi connectivity index (χ0v) is 10.3. The Balaban J connectivity index is 2.47. The van der Waals surface area contributed by atoms with E-state index in [2.05, 4.69) is 5.32 Å². The first-order valence-corrected chi connectivity index (χ1v) is 5.49. The molecule has 1 amide bonds. The van der Waals surface area contributed by atoms with E-state index in [0.29, 0.717) is 19.7 Å². The number of hydrogen-bond acceptors (Lipinski definition) is 4. The Bertz CT molecular complexity index is 349. The Morgan fingerprint density at radius 1 is 1.35 bits per heavy atom. The predicted molar refractivity (Wildman–Crippen MR) is 68.2 cm³/mol. The fourth-order valence-corrected chi connectivity index (χ4v) is 1.30. The molecule has 0 unspecified atom stereocenters. The van der Waals surface area contributed by atoms with E-state index in [1.807, 2.05) is 19.0 Å². The van der Waals surface area contributed by atoms with Gasteiger partial charge in [-0.2, -0.15) is 0 Å². The van der Waals surface area contributed by atoms with Gasteiger partial charge in [-0.25, -0.2) is 0 Å². The van der Waals surface area contributed by atoms with Gasteiger partial charge >= 0.3 is 0 Å². The van der Waals surface area contributed by atoms with Crippen molar-refractivity contribution in [3.8, 4) is 5.75 Å². The molecule has 0 radical (unpaired) electrons. The molecule has 0 bridgehead atoms. The van der Waals surface area contributed by atoms with Gasteiger partial charge in [0, 0.05) is 12.2 Å². The third-order valence-corrected chi connectivity index (χ3v) is 1.98. The number of carbonyl (C=O) groups excluding carboxylic acids is 1. The molecule has 0 aromatic heterocycles. The second-order valence-corrected chi connectivity index (χ2v) is 3.95. The van der Waals surface area contributed by atoms with Crippen LogP contribution in [-0.4, -0.2) is 44.6 Å². The molecule has 0 atom stereocenters. The van der Waals surface area contributed by atoms with Crippen LogP contribution >= 0.6 is 0 Å². The molecule has 1 aromatic rings. The second kappa shape index (κ2) is 6.88. The van der Waals surface area contributed by atoms with Gasteiger partial charge in [-0.3, -0.25) is 4.79 Å². The van der Waals surface area contributed by atoms with E-state index in [9.17, 15) is 4.79 Å². The number of carbonyl (C=O) groups is 1. The summed E-state index contributed by atoms with van der Waals surface area (Å²) in [7, 11) is 3.70. The van der Waals surface area contributed by atoms with E-state index in [0.717, 1.165) is 11.4 Å². The van der Waals surface area contributed by atoms with Crippen LogP contribution in [0.15, 0.2) is 24.3 Å². The van der Waals surface area contributed by atoms with Crippen molar-refractivity contribution in [1.82, 2.24) is 4.90 Å². The Labute approximate surface area is 102 Å². The minimum atomic E-state index is -0.0365. The molecule has 0 saturated carbocycles. The van der Waals surface area contributed by atoms with Crippen LogP contribution in [0.5, 0.6) is 5.75 Å². The van der Waals surface area contributed by atoms with Crippen LogP contribution in [0.3, 0.4) is 0 Å². The van der Waals surface area contributed by atoms with Gasteiger partial charge in [0.2, 0.25) is 5.91 Å². The van der Waals surface area contributed by atoms with Crippen molar-refractivity contribution in [2.75, 3.05) is 39.1 Å². The number of amides is 1. The maximum atomic E-state index is 11.5. The van der Waals surface area contributed by atoms with E-state index < -0.39 is 0 Å². The second-order valence-electron chi connectivity index (χ2n) is 3.95. The summed E-state index contributed by atoms with van der Waals surface area (Å²) in [6.45, 7) is 1.35. The van der Waals surface area contributed by atoms with E-state index >= 15 is 0 Å². The lowest BCUT2D eigenvalue weighted by atomic mass is 10.3. The lowest BCUT2D eigenvalue weighted by molar-refractivity contribution is -0.116. The zero-order valence-electron chi connectivity index (χ0n) is 10.3. The van der Waals surface area contributed by atoms with Crippen molar-refractivity contribution in [1.29, 1.82) is 0 Å². The van der Waals surface area contributed by atoms with Gasteiger partial charge in [0.15, 0.2) is 0 Å². The van der Waals surface area contributed by atoms with Crippen molar-refractivity contribution in [3.05, 3.63) is 24.3 Å². The first-order valence-electron chi connectivity index (χ1n) is 5.49. The summed E-state index contributed by atoms with van der Waals surface area (Å²) in [5, 5.41) is 2.80. The average molecular weight is 237 g/mol. The topological polar surface area (TPSA) is 67.6 Å². The Morgan fingerprint density at radius 3 is 2.53 bits per heavy atom. The molecule has 3 N–H and O–H groups in total. The minimum Gasteiger partial charge on any atom is -0.492 e. The molecule has 0 aliphatic rings. The zero-order chi connectivity index (χ0) is 12.7. The normalized spacial score (nSPS) is 10.4. The molecule has 0 saturated heterocycles. The lowest BCUT2D eigenvalue weighted by Gasteiger charge is -2.10. The first kappa shape index (κ1) is 13.5. The molecular weight excluding hydrogens is 218 g/mol. The van der Waals surface area contributed by atoms with Gasteiger partial charge in [-0.15, -0.1) is 0 Å². The van der Waals surface area contributed by atoms with Crippen LogP contribution in [0, 0.1) is 0 Å². The largest absolute Gasteiger partial charge is 0.492 e. The fraction of sp³-hybridized carbons (Fsp3) is 0.417. The van der Waals surface area contributed by atoms with Gasteiger partial charge < -0.3 is 20.7 Å². The Kier molecular flexibility index (Phi) is 5.45. The highest BCUT2D eigenvalue weighted by Gasteiger charge is 2.03. The summed E-state index contributed by atoms with van der Waals surface area (Å²) in [4.78, 5) is 13.3. The van der Waals surface area contributed by atoms with Crippen LogP contribution in [0.2, 0.25) is 0 Å². The van der Waals surface area contributed by atoms with Gasteiger partial charge in [0.25, 0.3) is 0 Å². The molecule has 17 heavy (non-hydrogen) atoms. The minimum absolute atomic E-state index is 0.0365. The molecule has 5 heteroatoms. The number of nitrogens with two attached hydrogens (primary N) is 1. The SMILES string of the molecule is CN(C)CC(=O)Nc1ccc(OCCN)cc1. The van der Waals surface area contributed by atoms with Gasteiger partial charge in [0.05, 0.1) is 6.54 Å². The van der Waals surface area contributed by atoms with Crippen LogP contribution in [-0.2, 0) is 4.79 Å². The summed E-state index contributed by atoms with van der Waals surface area (Å²) >= 11 is 0. The first-order chi connectivity index (χ1) is 8.11. The van der Waals surface area contributed by atoms with E-state index in [4.69, 9.17) is 10.5 Å². The van der Waals surface area contributed by atoms with Gasteiger partial charge in [-0.1, -0.05) is 0 Å². The third kappa shape index (κ3) is 5.33. The van der Waals surface area contributed by atoms with Crippen molar-refractivity contribution in [2.45, 2.75) is 0 Å². The molecule has 0 fully saturated rings. The molecule has 0 spiro atoms. The Morgan fingerprint density at radius 2 is 2.00 bits per heavy atom. The van der Waals surface area contributed by atoms with Crippen molar-refractivity contribution in [3.63, 3.8) is 0 Å². The van der Waals surface area contributed by atoms with Gasteiger partial charge in [0.1, 0.15) is 12.4 Å². The highest BCUT2D eigenvalue weighted by atomic mass is 16.5. The number of likely N-dealkylation sites (N-methyl/N-ethyl adjacent to an activating group) is 1. The van der Waals surface area contributed by atoms with Gasteiger partial charge in [-0.05, 0) is 38.4 Å². The molecule has 5 nitrogen and oxygen atoms in total. The number of rotatable bonds is 6. The number of anilines is 1. The monoisotopic (exact) mass is 237 g/mol. The number of nitrogens with one attached hydrogen (secondary N) is 1. The number of benzene rings is 1. The maximum absolute atomic E-state index is 11.5. The van der Waals surface area contributed by atoms with E-state index in [-0.39, 0.29) is 5.91 Å². The van der Waals surface area contributed by atoms with E-state index in [1.165, 1.54) is 0 Å². The predicted octanol–water partition coefficient (Wildman–Crippen LogP) is 0.524. The van der Waals surface area contributed by atoms with Crippen LogP contribution < -0.4 is 15.8 Å². The fourth-order valence-electron chi connectivity index (χ4n) is 1.30. The Hall–Kier alpha value is -1.59. The number of ether oxygens (including phenoxy) is 1. The summed E-state index contributed by atoms with van der Waals surface area (Å²) in [6.07, 6.45) is 0. The summed E-state index contributed by atoms with van der Waals surface area (Å²) in [5.74, 6) is 0.715. The summed E-state index contributed by atoms with van der Waals surface area (Å²) in [6, 6.07) is 7.22. The number of hydrogen-bond donors (Lipinski definition) is 2. The lowest BCUT2D eigenvalue weighted by Crippen LogP contribution is -2.27. The molecule has 1 aromatic carbocycles. The molecular formula is C12H19N3O2. The molecule has 1 rings (SSSR count). The highest BCUT2D eigenvalue weighted by Crippen LogP contribution is 2.15. The quantitative estimate of drug-likeness (QED) is 0.757. The van der Waals surface area contributed by atoms with Crippen molar-refractivity contribution >= 4 is 11.6 Å². The summed E-state index contributed by atoms with van der Waals surface area (Å²) in [5.41, 5.74) is 6.09. The smallest absolute Gasteiger partial charge is 0.238 e. The summed E-state index contributed by atoms with van der Waals surface area (Å²) < 4.78 is 5.33. The maximum Gasteiger partial charge on any atom is 0.238 e. The molecule has 0 aliphatic heterocycles. The van der Waals surface area contributed by atoms with Crippen molar-refractivity contribution in [2.24, 2.45) is 5.73 Å². The number of nitrogens with zero attached hydrogens (tertiary/aromatic N) is 1. The van der Waals surface area contributed by atoms with Crippen LogP contribution in [0.1, 0.15) is 0 Å². The molecule has 0 aliphatic carbocycles. The van der Waals surface area contributed by atoms with Crippen molar-refractivity contribution < 1.29 is 9.53 Å².